The lowest BCUT2D eigenvalue weighted by molar-refractivity contribution is 0.0602. The summed E-state index contributed by atoms with van der Waals surface area (Å²) < 4.78 is 4.72. The summed E-state index contributed by atoms with van der Waals surface area (Å²) in [6, 6.07) is 1.55. The van der Waals surface area contributed by atoms with E-state index in [9.17, 15) is 4.79 Å². The molecule has 0 bridgehead atoms. The van der Waals surface area contributed by atoms with Crippen LogP contribution in [0.1, 0.15) is 24.2 Å². The molecule has 1 aromatic rings. The molecular formula is C12H19N3O2S. The summed E-state index contributed by atoms with van der Waals surface area (Å²) in [7, 11) is 1.33. The third kappa shape index (κ3) is 3.53. The smallest absolute Gasteiger partial charge is 0.340 e. The van der Waals surface area contributed by atoms with E-state index in [1.54, 1.807) is 17.8 Å². The Bertz CT molecular complexity index is 435. The average molecular weight is 269 g/mol. The van der Waals surface area contributed by atoms with Crippen molar-refractivity contribution in [1.82, 2.24) is 4.98 Å². The van der Waals surface area contributed by atoms with Crippen molar-refractivity contribution in [3.8, 4) is 0 Å². The van der Waals surface area contributed by atoms with Crippen molar-refractivity contribution < 1.29 is 9.53 Å². The van der Waals surface area contributed by atoms with Crippen LogP contribution in [0.4, 0.5) is 11.5 Å². The second kappa shape index (κ2) is 5.95. The van der Waals surface area contributed by atoms with Crippen LogP contribution in [0, 0.1) is 0 Å². The molecule has 0 atom stereocenters. The van der Waals surface area contributed by atoms with E-state index in [2.05, 4.69) is 28.9 Å². The summed E-state index contributed by atoms with van der Waals surface area (Å²) in [4.78, 5) is 15.6. The van der Waals surface area contributed by atoms with Gasteiger partial charge in [-0.1, -0.05) is 0 Å². The Morgan fingerprint density at radius 3 is 2.83 bits per heavy atom. The minimum Gasteiger partial charge on any atom is -0.465 e. The van der Waals surface area contributed by atoms with E-state index >= 15 is 0 Å². The van der Waals surface area contributed by atoms with E-state index < -0.39 is 5.97 Å². The topological polar surface area (TPSA) is 77.2 Å². The first-order valence-corrected chi connectivity index (χ1v) is 6.75. The first kappa shape index (κ1) is 14.6. The summed E-state index contributed by atoms with van der Waals surface area (Å²) in [6.07, 6.45) is 3.58. The highest BCUT2D eigenvalue weighted by atomic mass is 32.2. The number of nitrogens with two attached hydrogens (primary N) is 1. The molecule has 6 heteroatoms. The second-order valence-corrected chi connectivity index (χ2v) is 5.94. The summed E-state index contributed by atoms with van der Waals surface area (Å²) >= 11 is 1.74. The molecule has 3 N–H and O–H groups in total. The number of nitrogens with zero attached hydrogens (tertiary/aromatic N) is 1. The molecular weight excluding hydrogens is 250 g/mol. The van der Waals surface area contributed by atoms with Crippen LogP contribution in [0.3, 0.4) is 0 Å². The molecule has 0 aromatic carbocycles. The predicted octanol–water partition coefficient (Wildman–Crippen LogP) is 2.00. The normalized spacial score (nSPS) is 11.1. The number of hydrogen-bond acceptors (Lipinski definition) is 6. The highest BCUT2D eigenvalue weighted by Gasteiger charge is 2.18. The predicted molar refractivity (Wildman–Crippen MR) is 76.1 cm³/mol. The molecule has 0 radical (unpaired) electrons. The van der Waals surface area contributed by atoms with Gasteiger partial charge in [0.15, 0.2) is 0 Å². The van der Waals surface area contributed by atoms with Crippen LogP contribution in [0.5, 0.6) is 0 Å². The van der Waals surface area contributed by atoms with Crippen molar-refractivity contribution in [3.63, 3.8) is 0 Å². The maximum absolute atomic E-state index is 11.5. The molecule has 18 heavy (non-hydrogen) atoms. The molecule has 0 aliphatic carbocycles. The minimum atomic E-state index is -0.456. The van der Waals surface area contributed by atoms with Gasteiger partial charge in [0.2, 0.25) is 0 Å². The van der Waals surface area contributed by atoms with E-state index in [0.29, 0.717) is 23.6 Å². The number of anilines is 2. The third-order valence-corrected chi connectivity index (χ3v) is 3.88. The first-order valence-electron chi connectivity index (χ1n) is 5.53. The summed E-state index contributed by atoms with van der Waals surface area (Å²) in [5.41, 5.74) is 6.55. The van der Waals surface area contributed by atoms with E-state index in [4.69, 9.17) is 5.73 Å². The number of methoxy groups -OCH3 is 1. The monoisotopic (exact) mass is 269 g/mol. The maximum atomic E-state index is 11.5. The summed E-state index contributed by atoms with van der Waals surface area (Å²) in [5.74, 6) is 0.0575. The molecule has 0 aliphatic heterocycles. The van der Waals surface area contributed by atoms with Gasteiger partial charge in [-0.2, -0.15) is 11.8 Å². The first-order chi connectivity index (χ1) is 8.41. The molecule has 0 aliphatic rings. The van der Waals surface area contributed by atoms with Crippen LogP contribution in [0.25, 0.3) is 0 Å². The van der Waals surface area contributed by atoms with Crippen LogP contribution >= 0.6 is 11.8 Å². The lowest BCUT2D eigenvalue weighted by atomic mass is 10.2. The Balaban J connectivity index is 2.88. The molecule has 0 amide bonds. The van der Waals surface area contributed by atoms with Crippen molar-refractivity contribution in [2.24, 2.45) is 0 Å². The van der Waals surface area contributed by atoms with E-state index in [1.165, 1.54) is 13.3 Å². The molecule has 0 fully saturated rings. The summed E-state index contributed by atoms with van der Waals surface area (Å²) in [5, 5.41) is 3.16. The van der Waals surface area contributed by atoms with Gasteiger partial charge in [-0.05, 0) is 26.2 Å². The van der Waals surface area contributed by atoms with Gasteiger partial charge in [-0.3, -0.25) is 0 Å². The molecule has 1 aromatic heterocycles. The zero-order chi connectivity index (χ0) is 13.8. The zero-order valence-electron chi connectivity index (χ0n) is 11.1. The lowest BCUT2D eigenvalue weighted by Crippen LogP contribution is -2.26. The molecule has 0 saturated carbocycles. The van der Waals surface area contributed by atoms with Crippen LogP contribution in [0.2, 0.25) is 0 Å². The van der Waals surface area contributed by atoms with Crippen molar-refractivity contribution in [1.29, 1.82) is 0 Å². The molecule has 0 unspecified atom stereocenters. The number of carbonyl (C=O) groups is 1. The lowest BCUT2D eigenvalue weighted by Gasteiger charge is -2.23. The van der Waals surface area contributed by atoms with Crippen LogP contribution in [-0.2, 0) is 4.74 Å². The maximum Gasteiger partial charge on any atom is 0.340 e. The number of rotatable bonds is 5. The van der Waals surface area contributed by atoms with Crippen molar-refractivity contribution in [2.45, 2.75) is 18.6 Å². The average Bonchev–Trinajstić information content (AvgIpc) is 2.36. The number of ether oxygens (including phenoxy) is 1. The van der Waals surface area contributed by atoms with Crippen molar-refractivity contribution in [2.75, 3.05) is 31.0 Å². The Morgan fingerprint density at radius 2 is 2.28 bits per heavy atom. The van der Waals surface area contributed by atoms with Crippen LogP contribution < -0.4 is 11.1 Å². The summed E-state index contributed by atoms with van der Waals surface area (Å²) in [6.45, 7) is 4.94. The van der Waals surface area contributed by atoms with Crippen molar-refractivity contribution in [3.05, 3.63) is 17.8 Å². The second-order valence-electron chi connectivity index (χ2n) is 4.43. The molecule has 5 nitrogen and oxygen atoms in total. The van der Waals surface area contributed by atoms with E-state index in [1.807, 2.05) is 6.26 Å². The largest absolute Gasteiger partial charge is 0.465 e. The number of nitrogen functional groups attached to an aromatic ring is 1. The van der Waals surface area contributed by atoms with Gasteiger partial charge in [0.25, 0.3) is 0 Å². The number of nitrogens with one attached hydrogen (secondary N) is 1. The van der Waals surface area contributed by atoms with Crippen LogP contribution in [-0.4, -0.2) is 35.6 Å². The van der Waals surface area contributed by atoms with E-state index in [-0.39, 0.29) is 4.75 Å². The molecule has 0 saturated heterocycles. The number of esters is 1. The number of carbonyl (C=O) groups excluding carboxylic acids is 1. The Morgan fingerprint density at radius 1 is 1.61 bits per heavy atom. The van der Waals surface area contributed by atoms with Crippen LogP contribution in [0.15, 0.2) is 12.3 Å². The highest BCUT2D eigenvalue weighted by Crippen LogP contribution is 2.25. The highest BCUT2D eigenvalue weighted by molar-refractivity contribution is 7.99. The Labute approximate surface area is 111 Å². The van der Waals surface area contributed by atoms with Crippen molar-refractivity contribution >= 4 is 29.2 Å². The van der Waals surface area contributed by atoms with Gasteiger partial charge >= 0.3 is 5.97 Å². The number of thioether (sulfide) groups is 1. The number of aromatic nitrogens is 1. The fraction of sp³-hybridized carbons (Fsp3) is 0.500. The SMILES string of the molecule is COC(=O)c1ccnc(NCC(C)(C)SC)c1N. The van der Waals surface area contributed by atoms with Gasteiger partial charge in [0, 0.05) is 17.5 Å². The van der Waals surface area contributed by atoms with E-state index in [0.717, 1.165) is 0 Å². The minimum absolute atomic E-state index is 0.0649. The Hall–Kier alpha value is -1.43. The molecule has 1 heterocycles. The molecule has 1 rings (SSSR count). The molecule has 100 valence electrons. The number of pyridine rings is 1. The van der Waals surface area contributed by atoms with Gasteiger partial charge in [-0.25, -0.2) is 9.78 Å². The van der Waals surface area contributed by atoms with Gasteiger partial charge in [-0.15, -0.1) is 0 Å². The standard InChI is InChI=1S/C12H19N3O2S/c1-12(2,18-4)7-15-10-9(13)8(5-6-14-10)11(16)17-3/h5-6H,7,13H2,1-4H3,(H,14,15). The quantitative estimate of drug-likeness (QED) is 0.796. The number of hydrogen-bond donors (Lipinski definition) is 2. The van der Waals surface area contributed by atoms with Gasteiger partial charge < -0.3 is 15.8 Å². The fourth-order valence-corrected chi connectivity index (χ4v) is 1.49. The fourth-order valence-electron chi connectivity index (χ4n) is 1.27. The van der Waals surface area contributed by atoms with Gasteiger partial charge in [0.1, 0.15) is 5.82 Å². The van der Waals surface area contributed by atoms with Gasteiger partial charge in [0.05, 0.1) is 18.4 Å². The molecule has 0 spiro atoms. The Kier molecular flexibility index (Phi) is 4.84. The third-order valence-electron chi connectivity index (χ3n) is 2.63. The zero-order valence-corrected chi connectivity index (χ0v) is 11.9.